The molecule has 1 heterocycles. The van der Waals surface area contributed by atoms with Crippen LogP contribution in [0.15, 0.2) is 50.9 Å². The molecule has 0 saturated heterocycles. The van der Waals surface area contributed by atoms with Gasteiger partial charge >= 0.3 is 0 Å². The minimum atomic E-state index is -0.185. The third-order valence-corrected chi connectivity index (χ3v) is 4.88. The van der Waals surface area contributed by atoms with E-state index in [2.05, 4.69) is 26.2 Å². The Morgan fingerprint density at radius 2 is 2.15 bits per heavy atom. The van der Waals surface area contributed by atoms with Gasteiger partial charge in [-0.3, -0.25) is 0 Å². The van der Waals surface area contributed by atoms with Gasteiger partial charge in [-0.15, -0.1) is 0 Å². The highest BCUT2D eigenvalue weighted by atomic mass is 79.9. The Hall–Kier alpha value is -0.910. The molecule has 0 aliphatic carbocycles. The van der Waals surface area contributed by atoms with Gasteiger partial charge in [-0.1, -0.05) is 24.8 Å². The molecule has 1 aromatic carbocycles. The number of hydrogen-bond acceptors (Lipinski definition) is 3. The molecule has 5 heteroatoms. The van der Waals surface area contributed by atoms with E-state index in [1.54, 1.807) is 12.3 Å². The molecule has 20 heavy (non-hydrogen) atoms. The maximum absolute atomic E-state index is 14.1. The zero-order valence-corrected chi connectivity index (χ0v) is 13.8. The Morgan fingerprint density at radius 3 is 2.85 bits per heavy atom. The first-order chi connectivity index (χ1) is 9.63. The van der Waals surface area contributed by atoms with Gasteiger partial charge in [0, 0.05) is 22.7 Å². The molecule has 1 aromatic heterocycles. The van der Waals surface area contributed by atoms with Crippen LogP contribution in [-0.4, -0.2) is 11.5 Å². The Morgan fingerprint density at radius 1 is 1.35 bits per heavy atom. The molecule has 0 aliphatic heterocycles. The van der Waals surface area contributed by atoms with Crippen LogP contribution in [0.1, 0.15) is 25.5 Å². The van der Waals surface area contributed by atoms with Crippen molar-refractivity contribution in [1.29, 1.82) is 0 Å². The fourth-order valence-electron chi connectivity index (χ4n) is 1.99. The van der Waals surface area contributed by atoms with Crippen molar-refractivity contribution in [3.63, 3.8) is 0 Å². The summed E-state index contributed by atoms with van der Waals surface area (Å²) in [5.74, 6) is -0.185. The predicted molar refractivity (Wildman–Crippen MR) is 84.6 cm³/mol. The topological polar surface area (TPSA) is 24.9 Å². The van der Waals surface area contributed by atoms with Crippen LogP contribution in [0, 0.1) is 5.82 Å². The van der Waals surface area contributed by atoms with E-state index in [1.165, 1.54) is 17.8 Å². The van der Waals surface area contributed by atoms with Crippen molar-refractivity contribution in [2.75, 3.05) is 6.54 Å². The Labute approximate surface area is 131 Å². The largest absolute Gasteiger partial charge is 0.310 e. The van der Waals surface area contributed by atoms with E-state index in [0.29, 0.717) is 5.56 Å². The van der Waals surface area contributed by atoms with Crippen LogP contribution in [0.4, 0.5) is 4.39 Å². The lowest BCUT2D eigenvalue weighted by Crippen LogP contribution is -2.19. The van der Waals surface area contributed by atoms with Crippen molar-refractivity contribution < 1.29 is 4.39 Å². The molecule has 2 rings (SSSR count). The van der Waals surface area contributed by atoms with Crippen molar-refractivity contribution in [3.8, 4) is 0 Å². The quantitative estimate of drug-likeness (QED) is 0.834. The maximum Gasteiger partial charge on any atom is 0.129 e. The first kappa shape index (κ1) is 15.5. The zero-order chi connectivity index (χ0) is 14.5. The SMILES string of the molecule is CCNC(C)c1c(F)cccc1Sc1ncccc1Br. The Bertz CT molecular complexity index is 592. The number of pyridine rings is 1. The molecule has 1 N–H and O–H groups in total. The lowest BCUT2D eigenvalue weighted by Gasteiger charge is -2.17. The van der Waals surface area contributed by atoms with Crippen LogP contribution in [0.25, 0.3) is 0 Å². The molecule has 0 saturated carbocycles. The number of hydrogen-bond donors (Lipinski definition) is 1. The average molecular weight is 355 g/mol. The van der Waals surface area contributed by atoms with Gasteiger partial charge in [0.15, 0.2) is 0 Å². The third-order valence-electron chi connectivity index (χ3n) is 2.89. The second-order valence-electron chi connectivity index (χ2n) is 4.32. The summed E-state index contributed by atoms with van der Waals surface area (Å²) in [6, 6.07) is 8.92. The fourth-order valence-corrected chi connectivity index (χ4v) is 3.50. The first-order valence-corrected chi connectivity index (χ1v) is 8.04. The molecule has 0 aliphatic rings. The van der Waals surface area contributed by atoms with Crippen molar-refractivity contribution in [2.24, 2.45) is 0 Å². The highest BCUT2D eigenvalue weighted by molar-refractivity contribution is 9.10. The summed E-state index contributed by atoms with van der Waals surface area (Å²) in [6.07, 6.45) is 1.74. The molecule has 1 atom stereocenters. The monoisotopic (exact) mass is 354 g/mol. The second-order valence-corrected chi connectivity index (χ2v) is 6.21. The van der Waals surface area contributed by atoms with Gasteiger partial charge in [0.2, 0.25) is 0 Å². The molecule has 1 unspecified atom stereocenters. The third kappa shape index (κ3) is 3.59. The van der Waals surface area contributed by atoms with E-state index < -0.39 is 0 Å². The fraction of sp³-hybridized carbons (Fsp3) is 0.267. The van der Waals surface area contributed by atoms with Gasteiger partial charge in [-0.05, 0) is 53.7 Å². The normalized spacial score (nSPS) is 12.4. The molecule has 0 fully saturated rings. The van der Waals surface area contributed by atoms with Gasteiger partial charge in [0.05, 0.1) is 4.47 Å². The van der Waals surface area contributed by atoms with Gasteiger partial charge in [-0.2, -0.15) is 0 Å². The van der Waals surface area contributed by atoms with Crippen molar-refractivity contribution in [2.45, 2.75) is 29.8 Å². The number of rotatable bonds is 5. The zero-order valence-electron chi connectivity index (χ0n) is 11.4. The van der Waals surface area contributed by atoms with Crippen LogP contribution >= 0.6 is 27.7 Å². The van der Waals surface area contributed by atoms with Gasteiger partial charge < -0.3 is 5.32 Å². The van der Waals surface area contributed by atoms with E-state index in [1.807, 2.05) is 32.0 Å². The van der Waals surface area contributed by atoms with Gasteiger partial charge in [0.25, 0.3) is 0 Å². The molecule has 0 amide bonds. The molecule has 106 valence electrons. The van der Waals surface area contributed by atoms with Crippen LogP contribution < -0.4 is 5.32 Å². The molecular weight excluding hydrogens is 339 g/mol. The molecule has 2 nitrogen and oxygen atoms in total. The molecule has 0 spiro atoms. The Balaban J connectivity index is 2.37. The lowest BCUT2D eigenvalue weighted by molar-refractivity contribution is 0.531. The number of benzene rings is 1. The lowest BCUT2D eigenvalue weighted by atomic mass is 10.1. The minimum absolute atomic E-state index is 0.0359. The minimum Gasteiger partial charge on any atom is -0.310 e. The van der Waals surface area contributed by atoms with E-state index in [0.717, 1.165) is 20.9 Å². The first-order valence-electron chi connectivity index (χ1n) is 6.43. The highest BCUT2D eigenvalue weighted by Crippen LogP contribution is 2.36. The van der Waals surface area contributed by atoms with Crippen LogP contribution in [-0.2, 0) is 0 Å². The molecule has 0 bridgehead atoms. The second kappa shape index (κ2) is 7.20. The van der Waals surface area contributed by atoms with Crippen molar-refractivity contribution >= 4 is 27.7 Å². The van der Waals surface area contributed by atoms with Crippen LogP contribution in [0.3, 0.4) is 0 Å². The van der Waals surface area contributed by atoms with E-state index in [-0.39, 0.29) is 11.9 Å². The van der Waals surface area contributed by atoms with Gasteiger partial charge in [-0.25, -0.2) is 9.37 Å². The molecular formula is C15H16BrFN2S. The summed E-state index contributed by atoms with van der Waals surface area (Å²) in [4.78, 5) is 5.21. The smallest absolute Gasteiger partial charge is 0.129 e. The van der Waals surface area contributed by atoms with Crippen LogP contribution in [0.5, 0.6) is 0 Å². The number of nitrogens with zero attached hydrogens (tertiary/aromatic N) is 1. The summed E-state index contributed by atoms with van der Waals surface area (Å²) in [6.45, 7) is 4.78. The summed E-state index contributed by atoms with van der Waals surface area (Å²) in [5, 5.41) is 4.09. The predicted octanol–water partition coefficient (Wildman–Crippen LogP) is 4.80. The van der Waals surface area contributed by atoms with Crippen molar-refractivity contribution in [3.05, 3.63) is 52.4 Å². The van der Waals surface area contributed by atoms with E-state index in [9.17, 15) is 4.39 Å². The summed E-state index contributed by atoms with van der Waals surface area (Å²) in [5.41, 5.74) is 0.692. The highest BCUT2D eigenvalue weighted by Gasteiger charge is 2.16. The molecule has 2 aromatic rings. The maximum atomic E-state index is 14.1. The van der Waals surface area contributed by atoms with E-state index in [4.69, 9.17) is 0 Å². The standard InChI is InChI=1S/C15H16BrFN2S/c1-3-18-10(2)14-12(17)7-4-8-13(14)20-15-11(16)6-5-9-19-15/h4-10,18H,3H2,1-2H3. The van der Waals surface area contributed by atoms with E-state index >= 15 is 0 Å². The number of nitrogens with one attached hydrogen (secondary N) is 1. The number of aromatic nitrogens is 1. The van der Waals surface area contributed by atoms with Gasteiger partial charge in [0.1, 0.15) is 10.8 Å². The van der Waals surface area contributed by atoms with Crippen molar-refractivity contribution in [1.82, 2.24) is 10.3 Å². The summed E-state index contributed by atoms with van der Waals surface area (Å²) in [7, 11) is 0. The average Bonchev–Trinajstić information content (AvgIpc) is 2.42. The molecule has 0 radical (unpaired) electrons. The Kier molecular flexibility index (Phi) is 5.57. The summed E-state index contributed by atoms with van der Waals surface area (Å²) < 4.78 is 15.1. The summed E-state index contributed by atoms with van der Waals surface area (Å²) >= 11 is 4.94. The van der Waals surface area contributed by atoms with Crippen LogP contribution in [0.2, 0.25) is 0 Å². The number of halogens is 2.